The highest BCUT2D eigenvalue weighted by molar-refractivity contribution is 7.17. The summed E-state index contributed by atoms with van der Waals surface area (Å²) in [6, 6.07) is 14.0. The van der Waals surface area contributed by atoms with Crippen molar-refractivity contribution >= 4 is 44.7 Å². The van der Waals surface area contributed by atoms with E-state index in [0.29, 0.717) is 12.4 Å². The van der Waals surface area contributed by atoms with Crippen LogP contribution in [0.3, 0.4) is 0 Å². The van der Waals surface area contributed by atoms with E-state index in [1.165, 1.54) is 29.8 Å². The predicted octanol–water partition coefficient (Wildman–Crippen LogP) is 5.00. The first kappa shape index (κ1) is 20.7. The van der Waals surface area contributed by atoms with Crippen LogP contribution in [0.5, 0.6) is 0 Å². The number of nitrogens with zero attached hydrogens (tertiary/aromatic N) is 3. The molecule has 0 aliphatic carbocycles. The third-order valence-corrected chi connectivity index (χ3v) is 5.72. The second-order valence-corrected chi connectivity index (χ2v) is 8.08. The zero-order valence-electron chi connectivity index (χ0n) is 17.2. The van der Waals surface area contributed by atoms with Crippen molar-refractivity contribution in [2.24, 2.45) is 0 Å². The van der Waals surface area contributed by atoms with E-state index in [2.05, 4.69) is 20.6 Å². The molecule has 2 aromatic carbocycles. The van der Waals surface area contributed by atoms with Gasteiger partial charge in [-0.1, -0.05) is 12.1 Å². The van der Waals surface area contributed by atoms with E-state index in [9.17, 15) is 9.18 Å². The second kappa shape index (κ2) is 9.09. The van der Waals surface area contributed by atoms with Crippen LogP contribution in [0.25, 0.3) is 21.3 Å². The molecule has 0 unspecified atom stereocenters. The quantitative estimate of drug-likeness (QED) is 0.427. The van der Waals surface area contributed by atoms with Crippen LogP contribution in [0, 0.1) is 5.82 Å². The van der Waals surface area contributed by atoms with Crippen LogP contribution in [0.4, 0.5) is 21.6 Å². The van der Waals surface area contributed by atoms with Crippen molar-refractivity contribution in [3.8, 4) is 11.1 Å². The molecular formula is C23H22FN5OS. The van der Waals surface area contributed by atoms with Gasteiger partial charge in [0.2, 0.25) is 5.91 Å². The monoisotopic (exact) mass is 435 g/mol. The molecule has 0 fully saturated rings. The Morgan fingerprint density at radius 3 is 2.52 bits per heavy atom. The van der Waals surface area contributed by atoms with Crippen LogP contribution in [0.15, 0.2) is 60.2 Å². The summed E-state index contributed by atoms with van der Waals surface area (Å²) in [7, 11) is 3.94. The number of rotatable bonds is 7. The first-order valence-corrected chi connectivity index (χ1v) is 10.7. The van der Waals surface area contributed by atoms with Gasteiger partial charge in [0.15, 0.2) is 0 Å². The number of amides is 1. The van der Waals surface area contributed by atoms with Crippen molar-refractivity contribution in [3.63, 3.8) is 0 Å². The van der Waals surface area contributed by atoms with Gasteiger partial charge in [0.25, 0.3) is 0 Å². The topological polar surface area (TPSA) is 70.2 Å². The van der Waals surface area contributed by atoms with E-state index in [4.69, 9.17) is 0 Å². The first-order chi connectivity index (χ1) is 15.0. The third kappa shape index (κ3) is 4.80. The molecule has 0 spiro atoms. The van der Waals surface area contributed by atoms with Crippen molar-refractivity contribution < 1.29 is 9.18 Å². The molecule has 2 aromatic heterocycles. The average Bonchev–Trinajstić information content (AvgIpc) is 3.20. The number of benzene rings is 2. The maximum atomic E-state index is 13.3. The van der Waals surface area contributed by atoms with Crippen LogP contribution >= 0.6 is 11.3 Å². The van der Waals surface area contributed by atoms with Crippen molar-refractivity contribution in [1.82, 2.24) is 9.97 Å². The molecule has 0 atom stereocenters. The van der Waals surface area contributed by atoms with Crippen molar-refractivity contribution in [1.29, 1.82) is 0 Å². The van der Waals surface area contributed by atoms with Crippen molar-refractivity contribution in [2.75, 3.05) is 36.2 Å². The molecule has 2 N–H and O–H groups in total. The Kier molecular flexibility index (Phi) is 6.08. The molecule has 0 aliphatic heterocycles. The summed E-state index contributed by atoms with van der Waals surface area (Å²) in [5.41, 5.74) is 3.66. The molecule has 2 heterocycles. The number of fused-ring (bicyclic) bond motifs is 1. The summed E-state index contributed by atoms with van der Waals surface area (Å²) in [6.07, 6.45) is 1.79. The zero-order chi connectivity index (χ0) is 21.8. The van der Waals surface area contributed by atoms with Gasteiger partial charge in [0.05, 0.1) is 5.39 Å². The molecular weight excluding hydrogens is 413 g/mol. The van der Waals surface area contributed by atoms with Gasteiger partial charge < -0.3 is 15.5 Å². The Bertz CT molecular complexity index is 1190. The van der Waals surface area contributed by atoms with E-state index >= 15 is 0 Å². The Morgan fingerprint density at radius 1 is 1.06 bits per heavy atom. The number of aromatic nitrogens is 2. The molecule has 4 rings (SSSR count). The van der Waals surface area contributed by atoms with E-state index in [-0.39, 0.29) is 18.1 Å². The van der Waals surface area contributed by atoms with Crippen molar-refractivity contribution in [3.05, 3.63) is 66.1 Å². The van der Waals surface area contributed by atoms with E-state index < -0.39 is 0 Å². The van der Waals surface area contributed by atoms with E-state index in [1.807, 2.05) is 48.6 Å². The molecule has 0 bridgehead atoms. The van der Waals surface area contributed by atoms with Crippen LogP contribution in [0.1, 0.15) is 6.42 Å². The number of thiophene rings is 1. The van der Waals surface area contributed by atoms with Gasteiger partial charge in [-0.2, -0.15) is 0 Å². The number of carbonyl (C=O) groups is 1. The fraction of sp³-hybridized carbons (Fsp3) is 0.174. The minimum absolute atomic E-state index is 0.0838. The molecule has 158 valence electrons. The van der Waals surface area contributed by atoms with Gasteiger partial charge in [0, 0.05) is 49.4 Å². The highest BCUT2D eigenvalue weighted by Crippen LogP contribution is 2.36. The second-order valence-electron chi connectivity index (χ2n) is 7.22. The summed E-state index contributed by atoms with van der Waals surface area (Å²) < 4.78 is 13.3. The lowest BCUT2D eigenvalue weighted by Crippen LogP contribution is -2.17. The lowest BCUT2D eigenvalue weighted by molar-refractivity contribution is -0.115. The van der Waals surface area contributed by atoms with Gasteiger partial charge >= 0.3 is 0 Å². The van der Waals surface area contributed by atoms with Crippen molar-refractivity contribution in [2.45, 2.75) is 6.42 Å². The smallest absolute Gasteiger partial charge is 0.226 e. The lowest BCUT2D eigenvalue weighted by Gasteiger charge is -2.13. The molecule has 0 radical (unpaired) electrons. The highest BCUT2D eigenvalue weighted by Gasteiger charge is 2.13. The standard InChI is InChI=1S/C23H22FN5OS/c1-29(2)18-9-7-17(8-10-18)28-20(30)11-12-25-22-21-19(13-31-23(21)27-14-26-22)15-3-5-16(24)6-4-15/h3-10,13-14H,11-12H2,1-2H3,(H,28,30)(H,25,26,27). The van der Waals surface area contributed by atoms with Gasteiger partial charge in [-0.25, -0.2) is 14.4 Å². The van der Waals surface area contributed by atoms with Crippen LogP contribution in [0.2, 0.25) is 0 Å². The number of anilines is 3. The normalized spacial score (nSPS) is 10.8. The zero-order valence-corrected chi connectivity index (χ0v) is 18.0. The largest absolute Gasteiger partial charge is 0.378 e. The maximum absolute atomic E-state index is 13.3. The SMILES string of the molecule is CN(C)c1ccc(NC(=O)CCNc2ncnc3scc(-c4ccc(F)cc4)c23)cc1. The average molecular weight is 436 g/mol. The van der Waals surface area contributed by atoms with E-state index in [1.54, 1.807) is 12.1 Å². The third-order valence-electron chi connectivity index (χ3n) is 4.84. The summed E-state index contributed by atoms with van der Waals surface area (Å²) in [5.74, 6) is 0.299. The Labute approximate surface area is 183 Å². The summed E-state index contributed by atoms with van der Waals surface area (Å²) in [5, 5.41) is 9.02. The first-order valence-electron chi connectivity index (χ1n) is 9.80. The highest BCUT2D eigenvalue weighted by atomic mass is 32.1. The fourth-order valence-corrected chi connectivity index (χ4v) is 4.13. The minimum atomic E-state index is -0.278. The molecule has 8 heteroatoms. The molecule has 4 aromatic rings. The van der Waals surface area contributed by atoms with Crippen LogP contribution in [-0.2, 0) is 4.79 Å². The summed E-state index contributed by atoms with van der Waals surface area (Å²) in [6.45, 7) is 0.423. The molecule has 0 saturated heterocycles. The lowest BCUT2D eigenvalue weighted by atomic mass is 10.1. The Balaban J connectivity index is 1.42. The van der Waals surface area contributed by atoms with Gasteiger partial charge in [-0.15, -0.1) is 11.3 Å². The van der Waals surface area contributed by atoms with Crippen LogP contribution < -0.4 is 15.5 Å². The van der Waals surface area contributed by atoms with Gasteiger partial charge in [0.1, 0.15) is 22.8 Å². The van der Waals surface area contributed by atoms with E-state index in [0.717, 1.165) is 32.7 Å². The minimum Gasteiger partial charge on any atom is -0.378 e. The Hall–Kier alpha value is -3.52. The number of carbonyl (C=O) groups excluding carboxylic acids is 1. The molecule has 31 heavy (non-hydrogen) atoms. The molecule has 1 amide bonds. The summed E-state index contributed by atoms with van der Waals surface area (Å²) >= 11 is 1.50. The number of hydrogen-bond donors (Lipinski definition) is 2. The Morgan fingerprint density at radius 2 is 1.81 bits per heavy atom. The summed E-state index contributed by atoms with van der Waals surface area (Å²) in [4.78, 5) is 23.9. The molecule has 0 saturated carbocycles. The molecule has 0 aliphatic rings. The number of hydrogen-bond acceptors (Lipinski definition) is 6. The molecule has 6 nitrogen and oxygen atoms in total. The maximum Gasteiger partial charge on any atom is 0.226 e. The van der Waals surface area contributed by atoms with Crippen LogP contribution in [-0.4, -0.2) is 36.5 Å². The van der Waals surface area contributed by atoms with Gasteiger partial charge in [-0.3, -0.25) is 4.79 Å². The predicted molar refractivity (Wildman–Crippen MR) is 125 cm³/mol. The fourth-order valence-electron chi connectivity index (χ4n) is 3.21. The number of nitrogens with one attached hydrogen (secondary N) is 2. The van der Waals surface area contributed by atoms with Gasteiger partial charge in [-0.05, 0) is 42.0 Å². The number of halogens is 1.